The quantitative estimate of drug-likeness (QED) is 0.706. The van der Waals surface area contributed by atoms with Crippen molar-refractivity contribution in [2.24, 2.45) is 5.41 Å². The molecule has 8 nitrogen and oxygen atoms in total. The van der Waals surface area contributed by atoms with Gasteiger partial charge in [-0.1, -0.05) is 12.1 Å². The van der Waals surface area contributed by atoms with Crippen molar-refractivity contribution in [1.29, 1.82) is 10.5 Å². The van der Waals surface area contributed by atoms with Crippen molar-refractivity contribution >= 4 is 17.5 Å². The highest BCUT2D eigenvalue weighted by atomic mass is 16.2. The van der Waals surface area contributed by atoms with E-state index in [2.05, 4.69) is 22.4 Å². The predicted molar refractivity (Wildman–Crippen MR) is 112 cm³/mol. The number of anilines is 1. The Morgan fingerprint density at radius 2 is 2.10 bits per heavy atom. The zero-order valence-electron chi connectivity index (χ0n) is 17.4. The van der Waals surface area contributed by atoms with E-state index in [1.807, 2.05) is 42.6 Å². The summed E-state index contributed by atoms with van der Waals surface area (Å²) < 4.78 is 1.91. The number of imidazole rings is 1. The van der Waals surface area contributed by atoms with E-state index in [1.165, 1.54) is 0 Å². The van der Waals surface area contributed by atoms with Crippen LogP contribution in [0.2, 0.25) is 0 Å². The molecule has 1 amide bonds. The summed E-state index contributed by atoms with van der Waals surface area (Å²) in [6, 6.07) is 10.0. The average Bonchev–Trinajstić information content (AvgIpc) is 3.21. The third-order valence-corrected chi connectivity index (χ3v) is 6.42. The molecule has 0 unspecified atom stereocenters. The fourth-order valence-corrected chi connectivity index (χ4v) is 4.39. The summed E-state index contributed by atoms with van der Waals surface area (Å²) in [5, 5.41) is 22.3. The highest BCUT2D eigenvalue weighted by Crippen LogP contribution is 2.48. The van der Waals surface area contributed by atoms with Gasteiger partial charge in [0.05, 0.1) is 42.5 Å². The van der Waals surface area contributed by atoms with Crippen molar-refractivity contribution in [3.8, 4) is 12.1 Å². The van der Waals surface area contributed by atoms with Crippen molar-refractivity contribution < 1.29 is 4.79 Å². The van der Waals surface area contributed by atoms with Crippen LogP contribution in [-0.4, -0.2) is 25.2 Å². The fraction of sp³-hybridized carbons (Fsp3) is 0.348. The molecular weight excluding hydrogens is 390 g/mol. The lowest BCUT2D eigenvalue weighted by atomic mass is 9.98. The molecule has 31 heavy (non-hydrogen) atoms. The van der Waals surface area contributed by atoms with Crippen LogP contribution in [0.4, 0.5) is 5.82 Å². The second kappa shape index (κ2) is 6.82. The summed E-state index contributed by atoms with van der Waals surface area (Å²) in [5.74, 6) is 1.14. The van der Waals surface area contributed by atoms with E-state index >= 15 is 0 Å². The molecule has 154 valence electrons. The first-order valence-corrected chi connectivity index (χ1v) is 10.3. The second-order valence-corrected chi connectivity index (χ2v) is 8.34. The number of hydrogen-bond donors (Lipinski definition) is 1. The molecular formula is C23H21N7O. The zero-order valence-corrected chi connectivity index (χ0v) is 17.4. The monoisotopic (exact) mass is 411 g/mol. The Bertz CT molecular complexity index is 1310. The first kappa shape index (κ1) is 19.1. The van der Waals surface area contributed by atoms with Gasteiger partial charge in [0.1, 0.15) is 11.2 Å². The van der Waals surface area contributed by atoms with Crippen molar-refractivity contribution in [3.63, 3.8) is 0 Å². The molecule has 1 aliphatic carbocycles. The SMILES string of the molecule is Cc1c(C#N)cccc1[C@@H](C)Nc1nc2nccn2c2c1CN(C(=O)C1(C#N)CC1)C2. The van der Waals surface area contributed by atoms with Crippen molar-refractivity contribution in [3.05, 3.63) is 58.5 Å². The molecule has 1 N–H and O–H groups in total. The molecule has 1 aromatic carbocycles. The van der Waals surface area contributed by atoms with Gasteiger partial charge >= 0.3 is 0 Å². The number of rotatable bonds is 4. The van der Waals surface area contributed by atoms with Gasteiger partial charge in [-0.2, -0.15) is 15.5 Å². The van der Waals surface area contributed by atoms with Gasteiger partial charge in [0.25, 0.3) is 0 Å². The minimum Gasteiger partial charge on any atom is -0.363 e. The molecule has 2 aromatic heterocycles. The topological polar surface area (TPSA) is 110 Å². The first-order chi connectivity index (χ1) is 15.0. The van der Waals surface area contributed by atoms with Crippen LogP contribution in [0.15, 0.2) is 30.6 Å². The van der Waals surface area contributed by atoms with Crippen LogP contribution in [0.25, 0.3) is 5.78 Å². The molecule has 3 heterocycles. The molecule has 8 heteroatoms. The Morgan fingerprint density at radius 1 is 1.29 bits per heavy atom. The van der Waals surface area contributed by atoms with Gasteiger partial charge < -0.3 is 10.2 Å². The zero-order chi connectivity index (χ0) is 21.8. The third kappa shape index (κ3) is 2.91. The van der Waals surface area contributed by atoms with Crippen LogP contribution in [-0.2, 0) is 17.9 Å². The maximum atomic E-state index is 13.0. The average molecular weight is 411 g/mol. The minimum atomic E-state index is -0.848. The number of carbonyl (C=O) groups excluding carboxylic acids is 1. The largest absolute Gasteiger partial charge is 0.363 e. The van der Waals surface area contributed by atoms with Crippen molar-refractivity contribution in [2.45, 2.75) is 45.8 Å². The Kier molecular flexibility index (Phi) is 4.19. The summed E-state index contributed by atoms with van der Waals surface area (Å²) in [6.07, 6.45) is 4.80. The Hall–Kier alpha value is -3.91. The molecule has 1 atom stereocenters. The highest BCUT2D eigenvalue weighted by Gasteiger charge is 2.53. The summed E-state index contributed by atoms with van der Waals surface area (Å²) in [4.78, 5) is 23.8. The molecule has 3 aromatic rings. The lowest BCUT2D eigenvalue weighted by Crippen LogP contribution is -2.32. The van der Waals surface area contributed by atoms with Crippen LogP contribution < -0.4 is 5.32 Å². The summed E-state index contributed by atoms with van der Waals surface area (Å²) >= 11 is 0. The van der Waals surface area contributed by atoms with Crippen LogP contribution in [0.1, 0.15) is 53.8 Å². The van der Waals surface area contributed by atoms with Crippen LogP contribution in [0.5, 0.6) is 0 Å². The number of amides is 1. The Morgan fingerprint density at radius 3 is 2.81 bits per heavy atom. The highest BCUT2D eigenvalue weighted by molar-refractivity contribution is 5.89. The van der Waals surface area contributed by atoms with E-state index in [4.69, 9.17) is 4.98 Å². The molecule has 0 bridgehead atoms. The number of nitriles is 2. The predicted octanol–water partition coefficient (Wildman–Crippen LogP) is 3.23. The summed E-state index contributed by atoms with van der Waals surface area (Å²) in [6.45, 7) is 4.81. The maximum Gasteiger partial charge on any atom is 0.243 e. The summed E-state index contributed by atoms with van der Waals surface area (Å²) in [5.41, 5.74) is 3.65. The Labute approximate surface area is 179 Å². The van der Waals surface area contributed by atoms with E-state index in [1.54, 1.807) is 11.1 Å². The number of benzene rings is 1. The smallest absolute Gasteiger partial charge is 0.243 e. The summed E-state index contributed by atoms with van der Waals surface area (Å²) in [7, 11) is 0. The minimum absolute atomic E-state index is 0.0963. The number of carbonyl (C=O) groups is 1. The van der Waals surface area contributed by atoms with E-state index < -0.39 is 5.41 Å². The van der Waals surface area contributed by atoms with Gasteiger partial charge in [0.15, 0.2) is 0 Å². The van der Waals surface area contributed by atoms with E-state index in [-0.39, 0.29) is 11.9 Å². The normalized spacial score (nSPS) is 17.0. The molecule has 0 radical (unpaired) electrons. The van der Waals surface area contributed by atoms with Gasteiger partial charge in [-0.3, -0.25) is 9.20 Å². The first-order valence-electron chi connectivity index (χ1n) is 10.3. The molecule has 1 saturated carbocycles. The number of hydrogen-bond acceptors (Lipinski definition) is 6. The van der Waals surface area contributed by atoms with Gasteiger partial charge in [-0.05, 0) is 43.9 Å². The number of nitrogens with zero attached hydrogens (tertiary/aromatic N) is 6. The second-order valence-electron chi connectivity index (χ2n) is 8.34. The number of aromatic nitrogens is 3. The molecule has 0 spiro atoms. The Balaban J connectivity index is 1.51. The lowest BCUT2D eigenvalue weighted by molar-refractivity contribution is -0.135. The van der Waals surface area contributed by atoms with Crippen LogP contribution in [0, 0.1) is 35.0 Å². The van der Waals surface area contributed by atoms with E-state index in [9.17, 15) is 15.3 Å². The fourth-order valence-electron chi connectivity index (χ4n) is 4.39. The van der Waals surface area contributed by atoms with Gasteiger partial charge in [0.2, 0.25) is 11.7 Å². The third-order valence-electron chi connectivity index (χ3n) is 6.42. The number of fused-ring (bicyclic) bond motifs is 3. The van der Waals surface area contributed by atoms with Crippen LogP contribution in [0.3, 0.4) is 0 Å². The molecule has 1 aliphatic heterocycles. The van der Waals surface area contributed by atoms with Crippen LogP contribution >= 0.6 is 0 Å². The maximum absolute atomic E-state index is 13.0. The van der Waals surface area contributed by atoms with Crippen molar-refractivity contribution in [1.82, 2.24) is 19.3 Å². The van der Waals surface area contributed by atoms with E-state index in [0.29, 0.717) is 43.1 Å². The van der Waals surface area contributed by atoms with Gasteiger partial charge in [-0.25, -0.2) is 4.98 Å². The van der Waals surface area contributed by atoms with Gasteiger partial charge in [-0.15, -0.1) is 0 Å². The molecule has 1 fully saturated rings. The number of nitrogens with one attached hydrogen (secondary N) is 1. The van der Waals surface area contributed by atoms with Gasteiger partial charge in [0, 0.05) is 18.0 Å². The standard InChI is InChI=1S/C23H21N7O/c1-14-16(10-24)4-3-5-17(14)15(2)27-20-18-11-29(21(31)23(13-25)6-7-23)12-19(18)30-9-8-26-22(30)28-20/h3-5,8-9,15H,6-7,11-12H2,1-2H3,(H,26,27,28)/t15-/m1/s1. The lowest BCUT2D eigenvalue weighted by Gasteiger charge is -2.20. The molecule has 5 rings (SSSR count). The molecule has 0 saturated heterocycles. The molecule has 2 aliphatic rings. The van der Waals surface area contributed by atoms with Crippen molar-refractivity contribution in [2.75, 3.05) is 5.32 Å². The van der Waals surface area contributed by atoms with E-state index in [0.717, 1.165) is 22.4 Å².